The van der Waals surface area contributed by atoms with Gasteiger partial charge in [-0.3, -0.25) is 4.79 Å². The summed E-state index contributed by atoms with van der Waals surface area (Å²) in [7, 11) is 0. The van der Waals surface area contributed by atoms with E-state index in [2.05, 4.69) is 20.7 Å². The van der Waals surface area contributed by atoms with Crippen molar-refractivity contribution in [3.05, 3.63) is 76.6 Å². The quantitative estimate of drug-likeness (QED) is 0.420. The molecule has 5 rings (SSSR count). The van der Waals surface area contributed by atoms with Crippen LogP contribution in [0.25, 0.3) is 5.69 Å². The van der Waals surface area contributed by atoms with Crippen molar-refractivity contribution in [2.75, 3.05) is 10.6 Å². The summed E-state index contributed by atoms with van der Waals surface area (Å²) in [4.78, 5) is 17.9. The van der Waals surface area contributed by atoms with Crippen LogP contribution < -0.4 is 10.6 Å². The fraction of sp³-hybridized carbons (Fsp3) is 0.227. The van der Waals surface area contributed by atoms with Crippen molar-refractivity contribution in [3.63, 3.8) is 0 Å². The topological polar surface area (TPSA) is 76.8 Å². The summed E-state index contributed by atoms with van der Waals surface area (Å²) < 4.78 is 44.1. The van der Waals surface area contributed by atoms with E-state index in [1.807, 2.05) is 35.2 Å². The number of imidazole rings is 1. The van der Waals surface area contributed by atoms with Gasteiger partial charge in [-0.25, -0.2) is 9.67 Å². The minimum Gasteiger partial charge on any atom is -0.362 e. The number of rotatable bonds is 4. The van der Waals surface area contributed by atoms with Crippen LogP contribution in [0.2, 0.25) is 0 Å². The highest BCUT2D eigenvalue weighted by Crippen LogP contribution is 2.45. The fourth-order valence-electron chi connectivity index (χ4n) is 3.96. The van der Waals surface area contributed by atoms with E-state index in [0.717, 1.165) is 21.1 Å². The van der Waals surface area contributed by atoms with Crippen molar-refractivity contribution in [1.82, 2.24) is 19.3 Å². The van der Waals surface area contributed by atoms with Gasteiger partial charge in [0, 0.05) is 35.1 Å². The minimum atomic E-state index is -4.49. The number of hydrogen-bond acceptors (Lipinski definition) is 5. The summed E-state index contributed by atoms with van der Waals surface area (Å²) in [6.07, 6.45) is 0.00639. The Hall–Kier alpha value is -3.60. The van der Waals surface area contributed by atoms with Crippen molar-refractivity contribution in [2.45, 2.75) is 31.6 Å². The van der Waals surface area contributed by atoms with E-state index >= 15 is 0 Å². The number of anilines is 2. The molecule has 0 fully saturated rings. The van der Waals surface area contributed by atoms with Crippen molar-refractivity contribution >= 4 is 28.7 Å². The molecule has 3 aromatic heterocycles. The van der Waals surface area contributed by atoms with Crippen LogP contribution in [0.4, 0.5) is 24.7 Å². The third kappa shape index (κ3) is 3.99. The molecule has 0 radical (unpaired) electrons. The van der Waals surface area contributed by atoms with Crippen LogP contribution in [-0.2, 0) is 0 Å². The highest BCUT2D eigenvalue weighted by atomic mass is 32.1. The summed E-state index contributed by atoms with van der Waals surface area (Å²) in [6.45, 7) is 1.88. The summed E-state index contributed by atoms with van der Waals surface area (Å²) in [5.74, 6) is 0.345. The van der Waals surface area contributed by atoms with Gasteiger partial charge in [0.05, 0.1) is 12.2 Å². The Morgan fingerprint density at radius 3 is 2.67 bits per heavy atom. The molecule has 33 heavy (non-hydrogen) atoms. The van der Waals surface area contributed by atoms with Crippen molar-refractivity contribution < 1.29 is 18.0 Å². The van der Waals surface area contributed by atoms with Crippen molar-refractivity contribution in [1.29, 1.82) is 0 Å². The maximum Gasteiger partial charge on any atom is 0.410 e. The molecule has 2 atom stereocenters. The van der Waals surface area contributed by atoms with E-state index in [1.54, 1.807) is 30.5 Å². The third-order valence-electron chi connectivity index (χ3n) is 5.60. The molecule has 0 saturated carbocycles. The summed E-state index contributed by atoms with van der Waals surface area (Å²) >= 11 is 1.37. The number of carbonyl (C=O) groups is 1. The molecule has 0 unspecified atom stereocenters. The monoisotopic (exact) mass is 472 g/mol. The normalized spacial score (nSPS) is 17.9. The minimum absolute atomic E-state index is 0.0556. The number of aryl methyl sites for hydroxylation is 1. The van der Waals surface area contributed by atoms with Crippen LogP contribution in [0, 0.1) is 6.92 Å². The zero-order valence-electron chi connectivity index (χ0n) is 17.4. The number of carbonyl (C=O) groups excluding carboxylic acids is 1. The molecule has 4 aromatic rings. The van der Waals surface area contributed by atoms with Crippen molar-refractivity contribution in [2.24, 2.45) is 0 Å². The maximum atomic E-state index is 13.8. The Bertz CT molecular complexity index is 1280. The van der Waals surface area contributed by atoms with Crippen LogP contribution in [0.3, 0.4) is 0 Å². The fourth-order valence-corrected chi connectivity index (χ4v) is 4.75. The molecule has 170 valence electrons. The Labute approximate surface area is 190 Å². The van der Waals surface area contributed by atoms with Gasteiger partial charge in [-0.15, -0.1) is 11.3 Å². The molecule has 0 spiro atoms. The number of fused-ring (bicyclic) bond motifs is 1. The molecule has 4 heterocycles. The Morgan fingerprint density at radius 1 is 1.24 bits per heavy atom. The molecular formula is C22H19F3N6OS. The van der Waals surface area contributed by atoms with E-state index in [1.165, 1.54) is 17.5 Å². The average Bonchev–Trinajstić information content (AvgIpc) is 3.53. The molecule has 2 N–H and O–H groups in total. The van der Waals surface area contributed by atoms with Crippen LogP contribution in [-0.4, -0.2) is 31.4 Å². The third-order valence-corrected chi connectivity index (χ3v) is 6.58. The Morgan fingerprint density at radius 2 is 2.03 bits per heavy atom. The van der Waals surface area contributed by atoms with E-state index in [4.69, 9.17) is 0 Å². The number of hydrogen-bond donors (Lipinski definition) is 2. The van der Waals surface area contributed by atoms with Crippen LogP contribution in [0.1, 0.15) is 39.6 Å². The zero-order chi connectivity index (χ0) is 23.2. The molecule has 1 amide bonds. The molecule has 0 saturated heterocycles. The second-order valence-corrected chi connectivity index (χ2v) is 8.68. The second-order valence-electron chi connectivity index (χ2n) is 7.70. The number of halogens is 3. The van der Waals surface area contributed by atoms with Gasteiger partial charge in [-0.2, -0.15) is 18.3 Å². The van der Waals surface area contributed by atoms with Crippen LogP contribution >= 0.6 is 11.3 Å². The van der Waals surface area contributed by atoms with Gasteiger partial charge in [0.15, 0.2) is 6.04 Å². The zero-order valence-corrected chi connectivity index (χ0v) is 18.2. The second kappa shape index (κ2) is 8.07. The largest absolute Gasteiger partial charge is 0.410 e. The molecular weight excluding hydrogens is 453 g/mol. The van der Waals surface area contributed by atoms with Crippen molar-refractivity contribution in [3.8, 4) is 5.69 Å². The summed E-state index contributed by atoms with van der Waals surface area (Å²) in [5, 5.41) is 11.6. The maximum absolute atomic E-state index is 13.8. The molecule has 1 aliphatic rings. The van der Waals surface area contributed by atoms with Gasteiger partial charge < -0.3 is 15.2 Å². The molecule has 1 aromatic carbocycles. The molecule has 7 nitrogen and oxygen atoms in total. The standard InChI is InChI=1S/C22H19F3N6OS/c1-13-26-8-9-30(13)15-6-4-14(5-7-15)28-21(32)16-12-27-31-19(22(23,24)25)11-17(29-20(16)31)18-3-2-10-33-18/h2-10,12,17,19,29H,11H2,1H3,(H,28,32)/t17-,19-/m0/s1. The van der Waals surface area contributed by atoms with Gasteiger partial charge in [-0.05, 0) is 42.6 Å². The molecule has 1 aliphatic heterocycles. The van der Waals surface area contributed by atoms with Crippen LogP contribution in [0.15, 0.2) is 60.4 Å². The number of benzene rings is 1. The first-order valence-corrected chi connectivity index (χ1v) is 11.0. The average molecular weight is 472 g/mol. The first-order valence-electron chi connectivity index (χ1n) is 10.2. The van der Waals surface area contributed by atoms with E-state index in [-0.39, 0.29) is 17.8 Å². The van der Waals surface area contributed by atoms with Gasteiger partial charge in [0.25, 0.3) is 5.91 Å². The van der Waals surface area contributed by atoms with Gasteiger partial charge in [0.1, 0.15) is 17.2 Å². The predicted octanol–water partition coefficient (Wildman–Crippen LogP) is 5.35. The predicted molar refractivity (Wildman–Crippen MR) is 119 cm³/mol. The van der Waals surface area contributed by atoms with Gasteiger partial charge in [0.2, 0.25) is 0 Å². The summed E-state index contributed by atoms with van der Waals surface area (Å²) in [5.41, 5.74) is 1.44. The smallest absolute Gasteiger partial charge is 0.362 e. The highest BCUT2D eigenvalue weighted by molar-refractivity contribution is 7.10. The van der Waals surface area contributed by atoms with E-state index < -0.39 is 24.2 Å². The number of nitrogens with zero attached hydrogens (tertiary/aromatic N) is 4. The molecule has 0 bridgehead atoms. The Balaban J connectivity index is 1.41. The first-order chi connectivity index (χ1) is 15.8. The lowest BCUT2D eigenvalue weighted by atomic mass is 10.0. The highest BCUT2D eigenvalue weighted by Gasteiger charge is 2.47. The summed E-state index contributed by atoms with van der Waals surface area (Å²) in [6, 6.07) is 8.28. The molecule has 11 heteroatoms. The van der Waals surface area contributed by atoms with Gasteiger partial charge in [-0.1, -0.05) is 6.07 Å². The van der Waals surface area contributed by atoms with Gasteiger partial charge >= 0.3 is 6.18 Å². The number of aromatic nitrogens is 4. The van der Waals surface area contributed by atoms with E-state index in [9.17, 15) is 18.0 Å². The number of amides is 1. The SMILES string of the molecule is Cc1nccn1-c1ccc(NC(=O)c2cnn3c2N[C@H](c2cccs2)C[C@H]3C(F)(F)F)cc1. The first kappa shape index (κ1) is 21.3. The number of alkyl halides is 3. The van der Waals surface area contributed by atoms with Crippen LogP contribution in [0.5, 0.6) is 0 Å². The number of thiophene rings is 1. The van der Waals surface area contributed by atoms with E-state index in [0.29, 0.717) is 5.69 Å². The number of nitrogens with one attached hydrogen (secondary N) is 2. The lowest BCUT2D eigenvalue weighted by Gasteiger charge is -2.33. The molecule has 0 aliphatic carbocycles. The Kier molecular flexibility index (Phi) is 5.20. The lowest BCUT2D eigenvalue weighted by Crippen LogP contribution is -2.36. The lowest BCUT2D eigenvalue weighted by molar-refractivity contribution is -0.173.